The third kappa shape index (κ3) is 6.18. The second kappa shape index (κ2) is 7.71. The van der Waals surface area contributed by atoms with Crippen LogP contribution in [0.25, 0.3) is 0 Å². The summed E-state index contributed by atoms with van der Waals surface area (Å²) < 4.78 is 0. The van der Waals surface area contributed by atoms with Gasteiger partial charge in [-0.3, -0.25) is 4.79 Å². The zero-order valence-corrected chi connectivity index (χ0v) is 12.3. The Balaban J connectivity index is 2.53. The standard InChI is InChI=1S/C14H24N4O/c1-11(2)6-8-18(4)14-9-13(16-10-17-14)15-7-5-12(3)19/h9-11H,5-8H2,1-4H3,(H,15,16,17). The molecule has 0 saturated carbocycles. The van der Waals surface area contributed by atoms with Gasteiger partial charge in [0.1, 0.15) is 23.7 Å². The van der Waals surface area contributed by atoms with E-state index in [0.29, 0.717) is 18.9 Å². The molecule has 106 valence electrons. The Hall–Kier alpha value is -1.65. The third-order valence-corrected chi connectivity index (χ3v) is 2.87. The molecule has 5 heteroatoms. The third-order valence-electron chi connectivity index (χ3n) is 2.87. The van der Waals surface area contributed by atoms with Gasteiger partial charge in [-0.2, -0.15) is 0 Å². The minimum Gasteiger partial charge on any atom is -0.369 e. The summed E-state index contributed by atoms with van der Waals surface area (Å²) in [6, 6.07) is 1.92. The van der Waals surface area contributed by atoms with E-state index in [1.807, 2.05) is 13.1 Å². The molecule has 1 heterocycles. The number of carbonyl (C=O) groups excluding carboxylic acids is 1. The SMILES string of the molecule is CC(=O)CCNc1cc(N(C)CCC(C)C)ncn1. The first-order valence-electron chi connectivity index (χ1n) is 6.75. The highest BCUT2D eigenvalue weighted by Crippen LogP contribution is 2.14. The van der Waals surface area contributed by atoms with Crippen LogP contribution in [0.15, 0.2) is 12.4 Å². The maximum absolute atomic E-state index is 10.9. The lowest BCUT2D eigenvalue weighted by molar-refractivity contribution is -0.116. The molecule has 0 fully saturated rings. The molecule has 1 aromatic heterocycles. The van der Waals surface area contributed by atoms with E-state index in [-0.39, 0.29) is 5.78 Å². The van der Waals surface area contributed by atoms with Crippen LogP contribution in [0.2, 0.25) is 0 Å². The van der Waals surface area contributed by atoms with Crippen molar-refractivity contribution in [2.75, 3.05) is 30.4 Å². The molecule has 0 amide bonds. The largest absolute Gasteiger partial charge is 0.369 e. The number of carbonyl (C=O) groups is 1. The zero-order chi connectivity index (χ0) is 14.3. The Kier molecular flexibility index (Phi) is 6.25. The van der Waals surface area contributed by atoms with Crippen molar-refractivity contribution >= 4 is 17.4 Å². The summed E-state index contributed by atoms with van der Waals surface area (Å²) in [7, 11) is 2.03. The molecule has 1 rings (SSSR count). The van der Waals surface area contributed by atoms with Crippen LogP contribution in [-0.2, 0) is 4.79 Å². The number of nitrogens with zero attached hydrogens (tertiary/aromatic N) is 3. The van der Waals surface area contributed by atoms with E-state index in [1.54, 1.807) is 13.3 Å². The predicted molar refractivity (Wildman–Crippen MR) is 78.5 cm³/mol. The second-order valence-electron chi connectivity index (χ2n) is 5.24. The molecule has 0 unspecified atom stereocenters. The molecule has 5 nitrogen and oxygen atoms in total. The van der Waals surface area contributed by atoms with E-state index in [4.69, 9.17) is 0 Å². The van der Waals surface area contributed by atoms with Gasteiger partial charge in [0.25, 0.3) is 0 Å². The Labute approximate surface area is 115 Å². The summed E-state index contributed by atoms with van der Waals surface area (Å²) in [6.45, 7) is 7.60. The molecule has 0 bridgehead atoms. The fourth-order valence-corrected chi connectivity index (χ4v) is 1.59. The van der Waals surface area contributed by atoms with E-state index in [0.717, 1.165) is 24.6 Å². The molecule has 0 radical (unpaired) electrons. The number of Topliss-reactive ketones (excluding diaryl/α,β-unsaturated/α-hetero) is 1. The van der Waals surface area contributed by atoms with Gasteiger partial charge in [-0.25, -0.2) is 9.97 Å². The van der Waals surface area contributed by atoms with Gasteiger partial charge in [-0.05, 0) is 19.3 Å². The second-order valence-corrected chi connectivity index (χ2v) is 5.24. The summed E-state index contributed by atoms with van der Waals surface area (Å²) in [5.41, 5.74) is 0. The first-order chi connectivity index (χ1) is 8.99. The van der Waals surface area contributed by atoms with Gasteiger partial charge in [0.2, 0.25) is 0 Å². The zero-order valence-electron chi connectivity index (χ0n) is 12.3. The molecule has 0 atom stereocenters. The van der Waals surface area contributed by atoms with Crippen LogP contribution in [-0.4, -0.2) is 35.9 Å². The first kappa shape index (κ1) is 15.4. The Morgan fingerprint density at radius 1 is 1.42 bits per heavy atom. The molecule has 0 aromatic carbocycles. The highest BCUT2D eigenvalue weighted by Gasteiger charge is 2.05. The molecule has 0 aliphatic heterocycles. The van der Waals surface area contributed by atoms with E-state index >= 15 is 0 Å². The quantitative estimate of drug-likeness (QED) is 0.781. The molecule has 1 N–H and O–H groups in total. The van der Waals surface area contributed by atoms with Gasteiger partial charge in [-0.1, -0.05) is 13.8 Å². The molecular formula is C14H24N4O. The fourth-order valence-electron chi connectivity index (χ4n) is 1.59. The Morgan fingerprint density at radius 2 is 2.16 bits per heavy atom. The monoisotopic (exact) mass is 264 g/mol. The van der Waals surface area contributed by atoms with Gasteiger partial charge in [0, 0.05) is 32.6 Å². The van der Waals surface area contributed by atoms with Crippen LogP contribution < -0.4 is 10.2 Å². The summed E-state index contributed by atoms with van der Waals surface area (Å²) in [5.74, 6) is 2.52. The van der Waals surface area contributed by atoms with Crippen LogP contribution in [0.3, 0.4) is 0 Å². The highest BCUT2D eigenvalue weighted by atomic mass is 16.1. The summed E-state index contributed by atoms with van der Waals surface area (Å²) in [5, 5.41) is 3.14. The predicted octanol–water partition coefficient (Wildman–Crippen LogP) is 2.35. The first-order valence-corrected chi connectivity index (χ1v) is 6.75. The highest BCUT2D eigenvalue weighted by molar-refractivity contribution is 5.75. The lowest BCUT2D eigenvalue weighted by Gasteiger charge is -2.19. The van der Waals surface area contributed by atoms with E-state index in [2.05, 4.69) is 34.0 Å². The van der Waals surface area contributed by atoms with Crippen molar-refractivity contribution in [3.8, 4) is 0 Å². The Bertz CT molecular complexity index is 406. The lowest BCUT2D eigenvalue weighted by Crippen LogP contribution is -2.21. The van der Waals surface area contributed by atoms with Crippen LogP contribution in [0.1, 0.15) is 33.6 Å². The molecule has 0 spiro atoms. The van der Waals surface area contributed by atoms with Gasteiger partial charge < -0.3 is 10.2 Å². The smallest absolute Gasteiger partial charge is 0.133 e. The van der Waals surface area contributed by atoms with Crippen molar-refractivity contribution in [2.24, 2.45) is 5.92 Å². The average molecular weight is 264 g/mol. The van der Waals surface area contributed by atoms with Gasteiger partial charge in [0.05, 0.1) is 0 Å². The molecular weight excluding hydrogens is 240 g/mol. The van der Waals surface area contributed by atoms with Gasteiger partial charge in [0.15, 0.2) is 0 Å². The number of aromatic nitrogens is 2. The molecule has 1 aromatic rings. The van der Waals surface area contributed by atoms with Crippen LogP contribution in [0.5, 0.6) is 0 Å². The number of nitrogens with one attached hydrogen (secondary N) is 1. The lowest BCUT2D eigenvalue weighted by atomic mass is 10.1. The minimum absolute atomic E-state index is 0.177. The van der Waals surface area contributed by atoms with E-state index in [1.165, 1.54) is 0 Å². The van der Waals surface area contributed by atoms with Crippen molar-refractivity contribution in [2.45, 2.75) is 33.6 Å². The van der Waals surface area contributed by atoms with Gasteiger partial charge >= 0.3 is 0 Å². The number of rotatable bonds is 8. The number of ketones is 1. The number of anilines is 2. The number of hydrogen-bond acceptors (Lipinski definition) is 5. The topological polar surface area (TPSA) is 58.1 Å². The maximum atomic E-state index is 10.9. The molecule has 0 aliphatic rings. The molecule has 0 aliphatic carbocycles. The number of hydrogen-bond donors (Lipinski definition) is 1. The van der Waals surface area contributed by atoms with Crippen molar-refractivity contribution in [1.82, 2.24) is 9.97 Å². The van der Waals surface area contributed by atoms with E-state index < -0.39 is 0 Å². The molecule has 0 saturated heterocycles. The van der Waals surface area contributed by atoms with Crippen LogP contribution in [0.4, 0.5) is 11.6 Å². The normalized spacial score (nSPS) is 10.6. The van der Waals surface area contributed by atoms with Crippen LogP contribution >= 0.6 is 0 Å². The molecule has 19 heavy (non-hydrogen) atoms. The average Bonchev–Trinajstić information content (AvgIpc) is 2.36. The van der Waals surface area contributed by atoms with Crippen molar-refractivity contribution in [1.29, 1.82) is 0 Å². The summed E-state index contributed by atoms with van der Waals surface area (Å²) in [6.07, 6.45) is 3.20. The van der Waals surface area contributed by atoms with Gasteiger partial charge in [-0.15, -0.1) is 0 Å². The van der Waals surface area contributed by atoms with Crippen molar-refractivity contribution in [3.63, 3.8) is 0 Å². The summed E-state index contributed by atoms with van der Waals surface area (Å²) >= 11 is 0. The fraction of sp³-hybridized carbons (Fsp3) is 0.643. The minimum atomic E-state index is 0.177. The van der Waals surface area contributed by atoms with E-state index in [9.17, 15) is 4.79 Å². The van der Waals surface area contributed by atoms with Crippen molar-refractivity contribution < 1.29 is 4.79 Å². The van der Waals surface area contributed by atoms with Crippen LogP contribution in [0, 0.1) is 5.92 Å². The maximum Gasteiger partial charge on any atom is 0.133 e. The van der Waals surface area contributed by atoms with Crippen molar-refractivity contribution in [3.05, 3.63) is 12.4 Å². The summed E-state index contributed by atoms with van der Waals surface area (Å²) in [4.78, 5) is 21.4. The Morgan fingerprint density at radius 3 is 2.79 bits per heavy atom.